The number of rotatable bonds is 7. The average molecular weight is 291 g/mol. The molecule has 9 heteroatoms. The number of primary amides is 1. The molecular weight excluding hydrogens is 277 g/mol. The highest BCUT2D eigenvalue weighted by atomic mass is 32.2. The van der Waals surface area contributed by atoms with Crippen molar-refractivity contribution in [1.82, 2.24) is 4.72 Å². The van der Waals surface area contributed by atoms with Gasteiger partial charge in [0, 0.05) is 6.54 Å². The van der Waals surface area contributed by atoms with E-state index in [-0.39, 0.29) is 30.3 Å². The number of hydrogen-bond acceptors (Lipinski definition) is 5. The van der Waals surface area contributed by atoms with Crippen molar-refractivity contribution in [2.75, 3.05) is 25.5 Å². The number of nitrogens with two attached hydrogens (primary N) is 2. The Hall–Kier alpha value is -1.71. The second-order valence-electron chi connectivity index (χ2n) is 3.60. The molecule has 0 aliphatic heterocycles. The van der Waals surface area contributed by atoms with Crippen LogP contribution in [-0.2, 0) is 19.6 Å². The predicted molar refractivity (Wildman–Crippen MR) is 66.0 cm³/mol. The highest BCUT2D eigenvalue weighted by molar-refractivity contribution is 7.89. The Balaban J connectivity index is 2.59. The summed E-state index contributed by atoms with van der Waals surface area (Å²) in [6.07, 6.45) is 0. The molecule has 1 aromatic rings. The summed E-state index contributed by atoms with van der Waals surface area (Å²) in [7, 11) is -3.85. The number of hydrogen-bond donors (Lipinski definition) is 3. The largest absolute Gasteiger partial charge is 0.398 e. The third kappa shape index (κ3) is 4.81. The van der Waals surface area contributed by atoms with Crippen LogP contribution >= 0.6 is 0 Å². The van der Waals surface area contributed by atoms with Crippen molar-refractivity contribution < 1.29 is 22.3 Å². The summed E-state index contributed by atoms with van der Waals surface area (Å²) in [6, 6.07) is 2.98. The normalized spacial score (nSPS) is 11.4. The molecule has 0 saturated heterocycles. The highest BCUT2D eigenvalue weighted by Crippen LogP contribution is 2.18. The van der Waals surface area contributed by atoms with Crippen LogP contribution in [0, 0.1) is 5.82 Å². The van der Waals surface area contributed by atoms with Gasteiger partial charge in [0.2, 0.25) is 15.9 Å². The number of ether oxygens (including phenoxy) is 1. The van der Waals surface area contributed by atoms with E-state index in [0.29, 0.717) is 0 Å². The molecule has 0 aliphatic rings. The summed E-state index contributed by atoms with van der Waals surface area (Å²) < 4.78 is 43.4. The summed E-state index contributed by atoms with van der Waals surface area (Å²) in [4.78, 5) is 10.1. The number of nitrogens with one attached hydrogen (secondary N) is 1. The first-order valence-corrected chi connectivity index (χ1v) is 6.72. The van der Waals surface area contributed by atoms with Crippen LogP contribution in [0.5, 0.6) is 0 Å². The molecule has 19 heavy (non-hydrogen) atoms. The van der Waals surface area contributed by atoms with Gasteiger partial charge in [0.1, 0.15) is 17.3 Å². The summed E-state index contributed by atoms with van der Waals surface area (Å²) in [5.41, 5.74) is 10.1. The van der Waals surface area contributed by atoms with Crippen LogP contribution in [0.1, 0.15) is 0 Å². The maximum absolute atomic E-state index is 12.8. The number of carbonyl (C=O) groups is 1. The molecule has 0 fully saturated rings. The summed E-state index contributed by atoms with van der Waals surface area (Å²) in [5.74, 6) is -1.27. The maximum atomic E-state index is 12.8. The highest BCUT2D eigenvalue weighted by Gasteiger charge is 2.17. The van der Waals surface area contributed by atoms with Crippen molar-refractivity contribution >= 4 is 21.6 Å². The molecule has 0 atom stereocenters. The van der Waals surface area contributed by atoms with Gasteiger partial charge in [-0.05, 0) is 18.2 Å². The summed E-state index contributed by atoms with van der Waals surface area (Å²) >= 11 is 0. The number of carbonyl (C=O) groups excluding carboxylic acids is 1. The molecule has 1 rings (SSSR count). The maximum Gasteiger partial charge on any atom is 0.243 e. The Kier molecular flexibility index (Phi) is 5.21. The van der Waals surface area contributed by atoms with E-state index < -0.39 is 21.7 Å². The Morgan fingerprint density at radius 2 is 2.11 bits per heavy atom. The molecular formula is C10H14FN3O4S. The number of benzene rings is 1. The van der Waals surface area contributed by atoms with Crippen LogP contribution in [-0.4, -0.2) is 34.1 Å². The van der Waals surface area contributed by atoms with E-state index in [0.717, 1.165) is 18.2 Å². The molecule has 0 unspecified atom stereocenters. The molecule has 106 valence electrons. The monoisotopic (exact) mass is 291 g/mol. The molecule has 0 bridgehead atoms. The molecule has 0 aromatic heterocycles. The van der Waals surface area contributed by atoms with Crippen molar-refractivity contribution in [1.29, 1.82) is 0 Å². The van der Waals surface area contributed by atoms with Gasteiger partial charge in [-0.25, -0.2) is 17.5 Å². The van der Waals surface area contributed by atoms with Gasteiger partial charge in [-0.15, -0.1) is 0 Å². The van der Waals surface area contributed by atoms with Crippen molar-refractivity contribution in [2.45, 2.75) is 4.90 Å². The molecule has 0 aliphatic carbocycles. The molecule has 7 nitrogen and oxygen atoms in total. The van der Waals surface area contributed by atoms with E-state index in [1.165, 1.54) is 0 Å². The van der Waals surface area contributed by atoms with Gasteiger partial charge in [-0.2, -0.15) is 0 Å². The number of sulfonamides is 1. The molecule has 0 heterocycles. The van der Waals surface area contributed by atoms with Crippen LogP contribution in [0.4, 0.5) is 10.1 Å². The number of halogens is 1. The Morgan fingerprint density at radius 3 is 2.68 bits per heavy atom. The van der Waals surface area contributed by atoms with Gasteiger partial charge in [0.15, 0.2) is 0 Å². The van der Waals surface area contributed by atoms with Gasteiger partial charge in [0.05, 0.1) is 12.3 Å². The van der Waals surface area contributed by atoms with E-state index in [1.807, 2.05) is 0 Å². The van der Waals surface area contributed by atoms with Crippen LogP contribution in [0.3, 0.4) is 0 Å². The summed E-state index contributed by atoms with van der Waals surface area (Å²) in [5, 5.41) is 0. The minimum atomic E-state index is -3.85. The predicted octanol–water partition coefficient (Wildman–Crippen LogP) is -0.812. The fourth-order valence-corrected chi connectivity index (χ4v) is 2.39. The van der Waals surface area contributed by atoms with E-state index in [1.54, 1.807) is 0 Å². The molecule has 0 saturated carbocycles. The van der Waals surface area contributed by atoms with E-state index >= 15 is 0 Å². The zero-order valence-electron chi connectivity index (χ0n) is 9.93. The zero-order chi connectivity index (χ0) is 14.5. The quantitative estimate of drug-likeness (QED) is 0.447. The van der Waals surface area contributed by atoms with Crippen LogP contribution < -0.4 is 16.2 Å². The van der Waals surface area contributed by atoms with Gasteiger partial charge < -0.3 is 16.2 Å². The van der Waals surface area contributed by atoms with E-state index in [2.05, 4.69) is 4.72 Å². The lowest BCUT2D eigenvalue weighted by molar-refractivity contribution is -0.122. The van der Waals surface area contributed by atoms with Gasteiger partial charge in [0.25, 0.3) is 0 Å². The average Bonchev–Trinajstić information content (AvgIpc) is 2.27. The Bertz CT molecular complexity index is 562. The fourth-order valence-electron chi connectivity index (χ4n) is 1.26. The number of amides is 1. The first kappa shape index (κ1) is 15.3. The molecule has 0 spiro atoms. The van der Waals surface area contributed by atoms with Gasteiger partial charge >= 0.3 is 0 Å². The van der Waals surface area contributed by atoms with Crippen molar-refractivity contribution in [3.63, 3.8) is 0 Å². The minimum Gasteiger partial charge on any atom is -0.398 e. The number of anilines is 1. The van der Waals surface area contributed by atoms with Crippen molar-refractivity contribution in [3.05, 3.63) is 24.0 Å². The zero-order valence-corrected chi connectivity index (χ0v) is 10.7. The van der Waals surface area contributed by atoms with Crippen LogP contribution in [0.2, 0.25) is 0 Å². The topological polar surface area (TPSA) is 125 Å². The molecule has 0 radical (unpaired) electrons. The SMILES string of the molecule is NC(=O)COCCNS(=O)(=O)c1ccc(F)cc1N. The Morgan fingerprint density at radius 1 is 1.42 bits per heavy atom. The Labute approximate surface area is 109 Å². The minimum absolute atomic E-state index is 0.0245. The van der Waals surface area contributed by atoms with Crippen molar-refractivity contribution in [3.8, 4) is 0 Å². The lowest BCUT2D eigenvalue weighted by atomic mass is 10.3. The second-order valence-corrected chi connectivity index (χ2v) is 5.33. The number of nitrogen functional groups attached to an aromatic ring is 1. The molecule has 1 aromatic carbocycles. The first-order valence-electron chi connectivity index (χ1n) is 5.23. The summed E-state index contributed by atoms with van der Waals surface area (Å²) in [6.45, 7) is -0.379. The van der Waals surface area contributed by atoms with Crippen molar-refractivity contribution in [2.24, 2.45) is 5.73 Å². The van der Waals surface area contributed by atoms with E-state index in [4.69, 9.17) is 16.2 Å². The third-order valence-electron chi connectivity index (χ3n) is 2.04. The lowest BCUT2D eigenvalue weighted by Gasteiger charge is -2.09. The van der Waals surface area contributed by atoms with Crippen LogP contribution in [0.15, 0.2) is 23.1 Å². The van der Waals surface area contributed by atoms with Gasteiger partial charge in [-0.1, -0.05) is 0 Å². The van der Waals surface area contributed by atoms with E-state index in [9.17, 15) is 17.6 Å². The first-order chi connectivity index (χ1) is 8.83. The second kappa shape index (κ2) is 6.45. The molecule has 5 N–H and O–H groups in total. The smallest absolute Gasteiger partial charge is 0.243 e. The standard InChI is InChI=1S/C10H14FN3O4S/c11-7-1-2-9(8(12)5-7)19(16,17)14-3-4-18-6-10(13)15/h1-2,5,14H,3-4,6,12H2,(H2,13,15). The van der Waals surface area contributed by atoms with Gasteiger partial charge in [-0.3, -0.25) is 4.79 Å². The fraction of sp³-hybridized carbons (Fsp3) is 0.300. The third-order valence-corrected chi connectivity index (χ3v) is 3.58. The van der Waals surface area contributed by atoms with Crippen LogP contribution in [0.25, 0.3) is 0 Å². The lowest BCUT2D eigenvalue weighted by Crippen LogP contribution is -2.29. The molecule has 1 amide bonds.